The van der Waals surface area contributed by atoms with Crippen LogP contribution in [0.5, 0.6) is 0 Å². The van der Waals surface area contributed by atoms with Crippen molar-refractivity contribution in [2.24, 2.45) is 34.5 Å². The van der Waals surface area contributed by atoms with E-state index >= 15 is 0 Å². The Morgan fingerprint density at radius 1 is 1.19 bits per heavy atom. The Bertz CT molecular complexity index is 836. The molecule has 9 atom stereocenters. The first-order chi connectivity index (χ1) is 15.1. The molecule has 0 aromatic heterocycles. The van der Waals surface area contributed by atoms with E-state index in [0.717, 1.165) is 50.5 Å². The highest BCUT2D eigenvalue weighted by atomic mass is 16.5. The second kappa shape index (κ2) is 7.56. The lowest BCUT2D eigenvalue weighted by atomic mass is 9.43. The summed E-state index contributed by atoms with van der Waals surface area (Å²) in [7, 11) is 0. The highest BCUT2D eigenvalue weighted by Gasteiger charge is 2.70. The molecule has 4 saturated carbocycles. The average molecular weight is 447 g/mol. The number of esters is 2. The summed E-state index contributed by atoms with van der Waals surface area (Å²) in [6, 6.07) is 0. The quantitative estimate of drug-likeness (QED) is 0.644. The van der Waals surface area contributed by atoms with E-state index in [2.05, 4.69) is 13.8 Å². The number of ether oxygens (including phenoxy) is 2. The maximum atomic E-state index is 12.5. The Kier molecular flexibility index (Phi) is 5.29. The first kappa shape index (κ1) is 22.4. The summed E-state index contributed by atoms with van der Waals surface area (Å²) in [5.74, 6) is 0.254. The van der Waals surface area contributed by atoms with Gasteiger partial charge in [-0.3, -0.25) is 4.79 Å². The van der Waals surface area contributed by atoms with Crippen LogP contribution in [-0.2, 0) is 19.1 Å². The second-order valence-corrected chi connectivity index (χ2v) is 11.7. The number of aliphatic hydroxyl groups excluding tert-OH is 1. The van der Waals surface area contributed by atoms with Crippen molar-refractivity contribution in [1.29, 1.82) is 0 Å². The van der Waals surface area contributed by atoms with Crippen molar-refractivity contribution >= 4 is 11.9 Å². The van der Waals surface area contributed by atoms with E-state index in [1.54, 1.807) is 13.0 Å². The van der Waals surface area contributed by atoms with Crippen molar-refractivity contribution in [2.75, 3.05) is 6.61 Å². The van der Waals surface area contributed by atoms with Gasteiger partial charge in [0, 0.05) is 30.3 Å². The molecule has 4 fully saturated rings. The summed E-state index contributed by atoms with van der Waals surface area (Å²) in [6.07, 6.45) is 8.22. The van der Waals surface area contributed by atoms with Crippen LogP contribution in [0.2, 0.25) is 0 Å². The zero-order valence-corrected chi connectivity index (χ0v) is 19.6. The van der Waals surface area contributed by atoms with E-state index in [0.29, 0.717) is 24.7 Å². The van der Waals surface area contributed by atoms with Gasteiger partial charge in [-0.05, 0) is 73.7 Å². The monoisotopic (exact) mass is 446 g/mol. The molecule has 1 heterocycles. The third-order valence-electron chi connectivity index (χ3n) is 10.5. The summed E-state index contributed by atoms with van der Waals surface area (Å²) in [6.45, 7) is 6.55. The van der Waals surface area contributed by atoms with Crippen LogP contribution in [0.15, 0.2) is 11.6 Å². The van der Waals surface area contributed by atoms with Gasteiger partial charge < -0.3 is 19.7 Å². The molecule has 0 radical (unpaired) electrons. The van der Waals surface area contributed by atoms with Crippen LogP contribution in [0.25, 0.3) is 0 Å². The minimum Gasteiger partial charge on any atom is -0.462 e. The van der Waals surface area contributed by atoms with Crippen LogP contribution in [0, 0.1) is 34.5 Å². The Balaban J connectivity index is 1.52. The number of fused-ring (bicyclic) bond motifs is 5. The van der Waals surface area contributed by atoms with Crippen LogP contribution in [0.3, 0.4) is 0 Å². The lowest BCUT2D eigenvalue weighted by Gasteiger charge is -2.63. The van der Waals surface area contributed by atoms with E-state index in [1.807, 2.05) is 0 Å². The first-order valence-corrected chi connectivity index (χ1v) is 12.6. The van der Waals surface area contributed by atoms with Crippen LogP contribution >= 0.6 is 0 Å². The fourth-order valence-electron chi connectivity index (χ4n) is 8.80. The predicted molar refractivity (Wildman–Crippen MR) is 117 cm³/mol. The third-order valence-corrected chi connectivity index (χ3v) is 10.5. The molecule has 2 N–H and O–H groups in total. The molecular formula is C26H38O6. The summed E-state index contributed by atoms with van der Waals surface area (Å²) < 4.78 is 11.2. The van der Waals surface area contributed by atoms with Gasteiger partial charge in [0.05, 0.1) is 11.7 Å². The van der Waals surface area contributed by atoms with E-state index in [-0.39, 0.29) is 41.9 Å². The van der Waals surface area contributed by atoms with Crippen molar-refractivity contribution in [3.05, 3.63) is 11.6 Å². The Hall–Kier alpha value is -1.40. The van der Waals surface area contributed by atoms with Crippen LogP contribution in [0.4, 0.5) is 0 Å². The number of carbonyl (C=O) groups excluding carboxylic acids is 2. The lowest BCUT2D eigenvalue weighted by Crippen LogP contribution is -2.62. The second-order valence-electron chi connectivity index (χ2n) is 11.7. The van der Waals surface area contributed by atoms with Crippen molar-refractivity contribution in [3.63, 3.8) is 0 Å². The molecule has 9 unspecified atom stereocenters. The fourth-order valence-corrected chi connectivity index (χ4v) is 8.80. The molecule has 32 heavy (non-hydrogen) atoms. The number of cyclic esters (lactones) is 1. The van der Waals surface area contributed by atoms with Gasteiger partial charge in [0.2, 0.25) is 0 Å². The van der Waals surface area contributed by atoms with Gasteiger partial charge in [0.25, 0.3) is 0 Å². The normalized spacial score (nSPS) is 50.0. The molecule has 0 saturated heterocycles. The number of aliphatic hydroxyl groups is 2. The molecule has 5 rings (SSSR count). The Labute approximate surface area is 190 Å². The van der Waals surface area contributed by atoms with Crippen LogP contribution in [-0.4, -0.2) is 46.6 Å². The fraction of sp³-hybridized carbons (Fsp3) is 0.846. The Morgan fingerprint density at radius 3 is 2.66 bits per heavy atom. The molecule has 0 spiro atoms. The lowest BCUT2D eigenvalue weighted by molar-refractivity contribution is -0.208. The first-order valence-electron chi connectivity index (χ1n) is 12.6. The maximum absolute atomic E-state index is 12.5. The van der Waals surface area contributed by atoms with E-state index < -0.39 is 17.1 Å². The van der Waals surface area contributed by atoms with Gasteiger partial charge in [-0.15, -0.1) is 0 Å². The van der Waals surface area contributed by atoms with E-state index in [9.17, 15) is 19.8 Å². The maximum Gasteiger partial charge on any atom is 0.331 e. The molecule has 178 valence electrons. The van der Waals surface area contributed by atoms with Gasteiger partial charge in [-0.2, -0.15) is 0 Å². The summed E-state index contributed by atoms with van der Waals surface area (Å²) in [4.78, 5) is 24.2. The zero-order chi connectivity index (χ0) is 22.9. The summed E-state index contributed by atoms with van der Waals surface area (Å²) in [5.41, 5.74) is -0.417. The van der Waals surface area contributed by atoms with Crippen molar-refractivity contribution in [3.8, 4) is 0 Å². The molecule has 4 aliphatic carbocycles. The zero-order valence-electron chi connectivity index (χ0n) is 19.6. The topological polar surface area (TPSA) is 93.1 Å². The molecule has 0 aromatic rings. The molecule has 6 nitrogen and oxygen atoms in total. The van der Waals surface area contributed by atoms with Gasteiger partial charge in [0.1, 0.15) is 12.7 Å². The standard InChI is InChI=1S/C26H38O6/c1-4-21(28)32-20-13-26(30)19-6-5-16-12-17(27)7-9-24(16,2)18(19)8-10-25(26,3)23(20)15-11-22(29)31-14-15/h11,16-20,23,27,30H,4-10,12-14H2,1-3H3. The molecule has 5 aliphatic rings. The highest BCUT2D eigenvalue weighted by molar-refractivity contribution is 5.85. The third kappa shape index (κ3) is 3.04. The van der Waals surface area contributed by atoms with Crippen molar-refractivity contribution < 1.29 is 29.3 Å². The predicted octanol–water partition coefficient (Wildman–Crippen LogP) is 3.54. The Morgan fingerprint density at radius 2 is 1.97 bits per heavy atom. The number of hydrogen-bond donors (Lipinski definition) is 2. The number of carbonyl (C=O) groups is 2. The summed E-state index contributed by atoms with van der Waals surface area (Å²) >= 11 is 0. The number of rotatable bonds is 3. The molecule has 0 amide bonds. The molecule has 6 heteroatoms. The molecule has 0 bridgehead atoms. The minimum atomic E-state index is -0.949. The van der Waals surface area contributed by atoms with E-state index in [1.165, 1.54) is 0 Å². The highest BCUT2D eigenvalue weighted by Crippen LogP contribution is 2.70. The van der Waals surface area contributed by atoms with Gasteiger partial charge in [0.15, 0.2) is 0 Å². The van der Waals surface area contributed by atoms with Crippen molar-refractivity contribution in [1.82, 2.24) is 0 Å². The van der Waals surface area contributed by atoms with Crippen LogP contribution in [0.1, 0.15) is 78.6 Å². The minimum absolute atomic E-state index is 0.137. The summed E-state index contributed by atoms with van der Waals surface area (Å²) in [5, 5.41) is 22.8. The smallest absolute Gasteiger partial charge is 0.331 e. The van der Waals surface area contributed by atoms with Gasteiger partial charge >= 0.3 is 11.9 Å². The number of hydrogen-bond acceptors (Lipinski definition) is 6. The van der Waals surface area contributed by atoms with Gasteiger partial charge in [-0.1, -0.05) is 20.8 Å². The largest absolute Gasteiger partial charge is 0.462 e. The SMILES string of the molecule is CCC(=O)OC1CC2(O)C3CCC4CC(O)CCC4(C)C3CCC2(C)C1C1=CC(=O)OC1. The van der Waals surface area contributed by atoms with E-state index in [4.69, 9.17) is 9.47 Å². The molecular weight excluding hydrogens is 408 g/mol. The average Bonchev–Trinajstić information content (AvgIpc) is 3.26. The molecule has 1 aliphatic heterocycles. The molecule has 0 aromatic carbocycles. The van der Waals surface area contributed by atoms with Gasteiger partial charge in [-0.25, -0.2) is 4.79 Å². The van der Waals surface area contributed by atoms with Crippen LogP contribution < -0.4 is 0 Å². The van der Waals surface area contributed by atoms with Crippen molar-refractivity contribution in [2.45, 2.75) is 96.4 Å².